The van der Waals surface area contributed by atoms with Crippen LogP contribution in [0, 0.1) is 6.92 Å². The van der Waals surface area contributed by atoms with Crippen molar-refractivity contribution < 1.29 is 18.0 Å². The Morgan fingerprint density at radius 1 is 1.03 bits per heavy atom. The summed E-state index contributed by atoms with van der Waals surface area (Å²) >= 11 is 1.37. The summed E-state index contributed by atoms with van der Waals surface area (Å²) in [5.41, 5.74) is 1.92. The van der Waals surface area contributed by atoms with Gasteiger partial charge in [0.25, 0.3) is 0 Å². The van der Waals surface area contributed by atoms with Gasteiger partial charge in [-0.3, -0.25) is 9.59 Å². The van der Waals surface area contributed by atoms with Gasteiger partial charge in [-0.1, -0.05) is 6.07 Å². The highest BCUT2D eigenvalue weighted by molar-refractivity contribution is 8.00. The number of hydrogen-bond acceptors (Lipinski definition) is 5. The molecule has 7 nitrogen and oxygen atoms in total. The first-order valence-electron chi connectivity index (χ1n) is 8.89. The molecule has 2 aromatic rings. The van der Waals surface area contributed by atoms with Crippen LogP contribution in [0.3, 0.4) is 0 Å². The van der Waals surface area contributed by atoms with Crippen LogP contribution in [0.25, 0.3) is 0 Å². The van der Waals surface area contributed by atoms with Gasteiger partial charge in [0.2, 0.25) is 21.8 Å². The third kappa shape index (κ3) is 6.06. The van der Waals surface area contributed by atoms with E-state index in [1.54, 1.807) is 32.0 Å². The van der Waals surface area contributed by atoms with Gasteiger partial charge in [-0.2, -0.15) is 0 Å². The molecule has 1 atom stereocenters. The van der Waals surface area contributed by atoms with Crippen LogP contribution < -0.4 is 10.6 Å². The lowest BCUT2D eigenvalue weighted by atomic mass is 10.2. The van der Waals surface area contributed by atoms with E-state index in [0.29, 0.717) is 11.4 Å². The summed E-state index contributed by atoms with van der Waals surface area (Å²) in [4.78, 5) is 24.7. The number of benzene rings is 2. The van der Waals surface area contributed by atoms with Crippen LogP contribution in [0.5, 0.6) is 0 Å². The standard InChI is InChI=1S/C20H25N3O4S2/c1-13-6-11-18(29(26,27)23(4)5)12-19(13)22-20(25)14(2)28-17-9-7-16(8-10-17)21-15(3)24/h6-12,14H,1-5H3,(H,21,24)(H,22,25). The van der Waals surface area contributed by atoms with E-state index in [-0.39, 0.29) is 16.7 Å². The molecule has 2 aromatic carbocycles. The molecule has 0 aromatic heterocycles. The number of amides is 2. The van der Waals surface area contributed by atoms with E-state index in [1.807, 2.05) is 12.1 Å². The Balaban J connectivity index is 2.10. The molecule has 2 N–H and O–H groups in total. The number of hydrogen-bond donors (Lipinski definition) is 2. The summed E-state index contributed by atoms with van der Waals surface area (Å²) < 4.78 is 25.8. The second-order valence-corrected chi connectivity index (χ2v) is 10.3. The second-order valence-electron chi connectivity index (χ2n) is 6.72. The summed E-state index contributed by atoms with van der Waals surface area (Å²) in [7, 11) is -0.663. The maximum absolute atomic E-state index is 12.6. The van der Waals surface area contributed by atoms with Crippen molar-refractivity contribution in [2.75, 3.05) is 24.7 Å². The molecular weight excluding hydrogens is 410 g/mol. The van der Waals surface area contributed by atoms with E-state index < -0.39 is 15.3 Å². The van der Waals surface area contributed by atoms with E-state index in [9.17, 15) is 18.0 Å². The van der Waals surface area contributed by atoms with Crippen LogP contribution in [0.4, 0.5) is 11.4 Å². The molecule has 0 aliphatic heterocycles. The van der Waals surface area contributed by atoms with Gasteiger partial charge in [0, 0.05) is 37.3 Å². The number of rotatable bonds is 7. The molecule has 2 amide bonds. The van der Waals surface area contributed by atoms with Crippen LogP contribution in [-0.4, -0.2) is 43.9 Å². The quantitative estimate of drug-likeness (QED) is 0.651. The Bertz CT molecular complexity index is 1000. The minimum Gasteiger partial charge on any atom is -0.326 e. The van der Waals surface area contributed by atoms with Gasteiger partial charge < -0.3 is 10.6 Å². The summed E-state index contributed by atoms with van der Waals surface area (Å²) in [6, 6.07) is 11.9. The molecule has 1 unspecified atom stereocenters. The van der Waals surface area contributed by atoms with Gasteiger partial charge in [0.05, 0.1) is 10.1 Å². The minimum absolute atomic E-state index is 0.122. The van der Waals surface area contributed by atoms with Crippen LogP contribution in [0.2, 0.25) is 0 Å². The number of thioether (sulfide) groups is 1. The Labute approximate surface area is 175 Å². The fraction of sp³-hybridized carbons (Fsp3) is 0.300. The van der Waals surface area contributed by atoms with E-state index in [2.05, 4.69) is 10.6 Å². The van der Waals surface area contributed by atoms with Crippen molar-refractivity contribution in [1.82, 2.24) is 4.31 Å². The molecule has 0 spiro atoms. The SMILES string of the molecule is CC(=O)Nc1ccc(SC(C)C(=O)Nc2cc(S(=O)(=O)N(C)C)ccc2C)cc1. The van der Waals surface area contributed by atoms with Gasteiger partial charge in [-0.25, -0.2) is 12.7 Å². The molecule has 0 bridgehead atoms. The Morgan fingerprint density at radius 3 is 2.21 bits per heavy atom. The average molecular weight is 436 g/mol. The molecule has 0 aliphatic rings. The lowest BCUT2D eigenvalue weighted by Gasteiger charge is -2.16. The number of aryl methyl sites for hydroxylation is 1. The number of nitrogens with zero attached hydrogens (tertiary/aromatic N) is 1. The van der Waals surface area contributed by atoms with Gasteiger partial charge in [-0.15, -0.1) is 11.8 Å². The van der Waals surface area contributed by atoms with Crippen molar-refractivity contribution in [3.05, 3.63) is 48.0 Å². The first-order chi connectivity index (χ1) is 13.5. The number of nitrogens with one attached hydrogen (secondary N) is 2. The average Bonchev–Trinajstić information content (AvgIpc) is 2.64. The normalized spacial score (nSPS) is 12.5. The topological polar surface area (TPSA) is 95.6 Å². The van der Waals surface area contributed by atoms with Crippen molar-refractivity contribution in [3.63, 3.8) is 0 Å². The lowest BCUT2D eigenvalue weighted by molar-refractivity contribution is -0.115. The zero-order chi connectivity index (χ0) is 21.8. The van der Waals surface area contributed by atoms with Crippen molar-refractivity contribution >= 4 is 45.0 Å². The van der Waals surface area contributed by atoms with E-state index in [4.69, 9.17) is 0 Å². The predicted octanol–water partition coefficient (Wildman–Crippen LogP) is 3.32. The monoisotopic (exact) mass is 435 g/mol. The molecular formula is C20H25N3O4S2. The Morgan fingerprint density at radius 2 is 1.66 bits per heavy atom. The molecule has 0 fully saturated rings. The number of carbonyl (C=O) groups is 2. The third-order valence-corrected chi connectivity index (χ3v) is 7.03. The van der Waals surface area contributed by atoms with Crippen LogP contribution in [-0.2, 0) is 19.6 Å². The Kier molecular flexibility index (Phi) is 7.45. The van der Waals surface area contributed by atoms with Gasteiger partial charge in [-0.05, 0) is 55.8 Å². The van der Waals surface area contributed by atoms with Crippen LogP contribution in [0.15, 0.2) is 52.3 Å². The minimum atomic E-state index is -3.59. The zero-order valence-corrected chi connectivity index (χ0v) is 18.6. The molecule has 9 heteroatoms. The fourth-order valence-electron chi connectivity index (χ4n) is 2.42. The maximum atomic E-state index is 12.6. The van der Waals surface area contributed by atoms with Crippen molar-refractivity contribution in [1.29, 1.82) is 0 Å². The molecule has 0 radical (unpaired) electrons. The van der Waals surface area contributed by atoms with E-state index >= 15 is 0 Å². The second kappa shape index (κ2) is 9.43. The molecule has 0 heterocycles. The first-order valence-corrected chi connectivity index (χ1v) is 11.2. The van der Waals surface area contributed by atoms with Crippen molar-refractivity contribution in [2.24, 2.45) is 0 Å². The number of sulfonamides is 1. The zero-order valence-electron chi connectivity index (χ0n) is 17.0. The summed E-state index contributed by atoms with van der Waals surface area (Å²) in [5, 5.41) is 5.10. The van der Waals surface area contributed by atoms with E-state index in [0.717, 1.165) is 14.8 Å². The molecule has 0 aliphatic carbocycles. The van der Waals surface area contributed by atoms with Crippen LogP contribution >= 0.6 is 11.8 Å². The first kappa shape index (κ1) is 22.9. The third-order valence-electron chi connectivity index (χ3n) is 4.10. The predicted molar refractivity (Wildman–Crippen MR) is 117 cm³/mol. The van der Waals surface area contributed by atoms with Gasteiger partial charge >= 0.3 is 0 Å². The highest BCUT2D eigenvalue weighted by Crippen LogP contribution is 2.27. The molecule has 29 heavy (non-hydrogen) atoms. The molecule has 0 saturated heterocycles. The highest BCUT2D eigenvalue weighted by atomic mass is 32.2. The maximum Gasteiger partial charge on any atom is 0.242 e. The summed E-state index contributed by atoms with van der Waals surface area (Å²) in [6.45, 7) is 5.02. The number of anilines is 2. The molecule has 156 valence electrons. The van der Waals surface area contributed by atoms with Crippen molar-refractivity contribution in [2.45, 2.75) is 35.8 Å². The smallest absolute Gasteiger partial charge is 0.242 e. The molecule has 0 saturated carbocycles. The highest BCUT2D eigenvalue weighted by Gasteiger charge is 2.20. The fourth-order valence-corrected chi connectivity index (χ4v) is 4.22. The van der Waals surface area contributed by atoms with Gasteiger partial charge in [0.15, 0.2) is 0 Å². The molecule has 2 rings (SSSR count). The summed E-state index contributed by atoms with van der Waals surface area (Å²) in [5.74, 6) is -0.379. The number of carbonyl (C=O) groups excluding carboxylic acids is 2. The summed E-state index contributed by atoms with van der Waals surface area (Å²) in [6.07, 6.45) is 0. The lowest BCUT2D eigenvalue weighted by Crippen LogP contribution is -2.24. The van der Waals surface area contributed by atoms with Gasteiger partial charge in [0.1, 0.15) is 0 Å². The van der Waals surface area contributed by atoms with E-state index in [1.165, 1.54) is 44.9 Å². The Hall–Kier alpha value is -2.36. The van der Waals surface area contributed by atoms with Crippen LogP contribution in [0.1, 0.15) is 19.4 Å². The van der Waals surface area contributed by atoms with Crippen molar-refractivity contribution in [3.8, 4) is 0 Å². The largest absolute Gasteiger partial charge is 0.326 e.